The molecule has 0 saturated carbocycles. The number of ether oxygens (including phenoxy) is 1. The van der Waals surface area contributed by atoms with Crippen LogP contribution < -0.4 is 0 Å². The Bertz CT molecular complexity index is 721. The highest BCUT2D eigenvalue weighted by Gasteiger charge is 2.38. The molecule has 2 rings (SSSR count). The van der Waals surface area contributed by atoms with Crippen molar-refractivity contribution in [3.63, 3.8) is 0 Å². The van der Waals surface area contributed by atoms with Crippen molar-refractivity contribution in [3.8, 4) is 0 Å². The Morgan fingerprint density at radius 1 is 1.38 bits per heavy atom. The van der Waals surface area contributed by atoms with E-state index >= 15 is 0 Å². The number of carbonyl (C=O) groups excluding carboxylic acids is 1. The molecule has 1 N–H and O–H groups in total. The molecule has 0 aliphatic carbocycles. The number of methoxy groups -OCH3 is 1. The molecule has 21 heavy (non-hydrogen) atoms. The molecule has 0 aliphatic rings. The lowest BCUT2D eigenvalue weighted by molar-refractivity contribution is -0.149. The summed E-state index contributed by atoms with van der Waals surface area (Å²) in [5.74, 6) is -3.66. The Morgan fingerprint density at radius 3 is 2.57 bits per heavy atom. The quantitative estimate of drug-likeness (QED) is 0.876. The molecule has 0 spiro atoms. The second-order valence-corrected chi connectivity index (χ2v) is 4.07. The lowest BCUT2D eigenvalue weighted by Gasteiger charge is -2.09. The van der Waals surface area contributed by atoms with Crippen LogP contribution in [0.1, 0.15) is 16.2 Å². The van der Waals surface area contributed by atoms with Gasteiger partial charge in [-0.2, -0.15) is 13.2 Å². The van der Waals surface area contributed by atoms with Gasteiger partial charge in [0.2, 0.25) is 5.82 Å². The van der Waals surface area contributed by atoms with Crippen LogP contribution in [-0.2, 0) is 22.3 Å². The molecule has 9 heteroatoms. The number of hydrogen-bond acceptors (Lipinski definition) is 4. The van der Waals surface area contributed by atoms with Crippen LogP contribution in [0.3, 0.4) is 0 Å². The van der Waals surface area contributed by atoms with Crippen LogP contribution in [0.15, 0.2) is 18.2 Å². The van der Waals surface area contributed by atoms with E-state index in [1.165, 1.54) is 12.1 Å². The predicted molar refractivity (Wildman–Crippen MR) is 63.7 cm³/mol. The van der Waals surface area contributed by atoms with Crippen molar-refractivity contribution >= 4 is 23.0 Å². The number of carbonyl (C=O) groups is 2. The normalized spacial score (nSPS) is 11.6. The zero-order chi connectivity index (χ0) is 15.8. The number of imidazole rings is 1. The maximum Gasteiger partial charge on any atom is 0.449 e. The van der Waals surface area contributed by atoms with Gasteiger partial charge in [-0.05, 0) is 12.1 Å². The number of carboxylic acids is 1. The highest BCUT2D eigenvalue weighted by Crippen LogP contribution is 2.32. The molecule has 0 bridgehead atoms. The molecule has 0 fully saturated rings. The molecule has 0 radical (unpaired) electrons. The van der Waals surface area contributed by atoms with Crippen LogP contribution in [0.4, 0.5) is 13.2 Å². The number of carboxylic acid groups (broad SMARTS) is 1. The van der Waals surface area contributed by atoms with E-state index in [4.69, 9.17) is 5.11 Å². The van der Waals surface area contributed by atoms with Crippen molar-refractivity contribution in [2.45, 2.75) is 12.7 Å². The van der Waals surface area contributed by atoms with Gasteiger partial charge in [-0.15, -0.1) is 0 Å². The van der Waals surface area contributed by atoms with Crippen molar-refractivity contribution < 1.29 is 32.6 Å². The third-order valence-corrected chi connectivity index (χ3v) is 2.78. The third-order valence-electron chi connectivity index (χ3n) is 2.78. The fourth-order valence-corrected chi connectivity index (χ4v) is 1.89. The van der Waals surface area contributed by atoms with Crippen LogP contribution in [-0.4, -0.2) is 33.7 Å². The number of nitrogens with zero attached hydrogens (tertiary/aromatic N) is 2. The first-order valence-electron chi connectivity index (χ1n) is 5.62. The molecule has 0 atom stereocenters. The summed E-state index contributed by atoms with van der Waals surface area (Å²) >= 11 is 0. The van der Waals surface area contributed by atoms with E-state index in [0.29, 0.717) is 4.57 Å². The summed E-state index contributed by atoms with van der Waals surface area (Å²) in [6.45, 7) is -0.717. The summed E-state index contributed by atoms with van der Waals surface area (Å²) < 4.78 is 43.9. The number of alkyl halides is 3. The highest BCUT2D eigenvalue weighted by atomic mass is 19.4. The maximum absolute atomic E-state index is 13.0. The number of esters is 1. The number of hydrogen-bond donors (Lipinski definition) is 1. The molecule has 6 nitrogen and oxygen atoms in total. The summed E-state index contributed by atoms with van der Waals surface area (Å²) in [6, 6.07) is 3.68. The molecule has 1 aromatic heterocycles. The van der Waals surface area contributed by atoms with Crippen LogP contribution in [0.25, 0.3) is 11.0 Å². The highest BCUT2D eigenvalue weighted by molar-refractivity contribution is 6.01. The molecule has 0 saturated heterocycles. The van der Waals surface area contributed by atoms with E-state index in [9.17, 15) is 22.8 Å². The van der Waals surface area contributed by atoms with Gasteiger partial charge in [0.15, 0.2) is 0 Å². The summed E-state index contributed by atoms with van der Waals surface area (Å²) in [7, 11) is 1.04. The average molecular weight is 302 g/mol. The van der Waals surface area contributed by atoms with E-state index in [1.807, 2.05) is 0 Å². The van der Waals surface area contributed by atoms with Crippen molar-refractivity contribution in [3.05, 3.63) is 29.6 Å². The number of benzene rings is 1. The molecule has 2 aromatic rings. The molecular weight excluding hydrogens is 293 g/mol. The average Bonchev–Trinajstić information content (AvgIpc) is 2.77. The van der Waals surface area contributed by atoms with Crippen LogP contribution in [0.2, 0.25) is 0 Å². The molecule has 1 aromatic carbocycles. The predicted octanol–water partition coefficient (Wildman–Crippen LogP) is 1.93. The Balaban J connectivity index is 2.76. The molecule has 0 amide bonds. The first kappa shape index (κ1) is 14.8. The van der Waals surface area contributed by atoms with Gasteiger partial charge in [-0.1, -0.05) is 6.07 Å². The van der Waals surface area contributed by atoms with Gasteiger partial charge in [-0.25, -0.2) is 9.78 Å². The van der Waals surface area contributed by atoms with Crippen molar-refractivity contribution in [2.75, 3.05) is 7.11 Å². The van der Waals surface area contributed by atoms with E-state index in [1.54, 1.807) is 0 Å². The minimum atomic E-state index is -4.83. The molecular formula is C12H9F3N2O4. The summed E-state index contributed by atoms with van der Waals surface area (Å²) in [5.41, 5.74) is -0.810. The molecule has 0 aliphatic heterocycles. The van der Waals surface area contributed by atoms with Gasteiger partial charge < -0.3 is 14.4 Å². The number of halogens is 3. The largest absolute Gasteiger partial charge is 0.478 e. The van der Waals surface area contributed by atoms with Crippen LogP contribution in [0, 0.1) is 0 Å². The molecule has 112 valence electrons. The number of aromatic nitrogens is 2. The van der Waals surface area contributed by atoms with Crippen molar-refractivity contribution in [2.24, 2.45) is 0 Å². The number of rotatable bonds is 3. The monoisotopic (exact) mass is 302 g/mol. The Hall–Kier alpha value is -2.58. The van der Waals surface area contributed by atoms with Gasteiger partial charge in [0, 0.05) is 0 Å². The third kappa shape index (κ3) is 2.67. The first-order valence-corrected chi connectivity index (χ1v) is 5.62. The summed E-state index contributed by atoms with van der Waals surface area (Å²) in [4.78, 5) is 25.6. The molecule has 1 heterocycles. The minimum Gasteiger partial charge on any atom is -0.478 e. The van der Waals surface area contributed by atoms with E-state index in [0.717, 1.165) is 13.2 Å². The fourth-order valence-electron chi connectivity index (χ4n) is 1.89. The Morgan fingerprint density at radius 2 is 2.05 bits per heavy atom. The topological polar surface area (TPSA) is 81.4 Å². The summed E-state index contributed by atoms with van der Waals surface area (Å²) in [5, 5.41) is 8.99. The van der Waals surface area contributed by atoms with Gasteiger partial charge in [0.25, 0.3) is 0 Å². The lowest BCUT2D eigenvalue weighted by Crippen LogP contribution is -2.19. The van der Waals surface area contributed by atoms with Crippen molar-refractivity contribution in [1.29, 1.82) is 0 Å². The van der Waals surface area contributed by atoms with Gasteiger partial charge in [0.1, 0.15) is 12.1 Å². The minimum absolute atomic E-state index is 0.104. The van der Waals surface area contributed by atoms with Crippen LogP contribution >= 0.6 is 0 Å². The Labute approximate surface area is 115 Å². The zero-order valence-electron chi connectivity index (χ0n) is 10.6. The number of para-hydroxylation sites is 1. The fraction of sp³-hybridized carbons (Fsp3) is 0.250. The smallest absolute Gasteiger partial charge is 0.449 e. The maximum atomic E-state index is 13.0. The van der Waals surface area contributed by atoms with Gasteiger partial charge >= 0.3 is 18.1 Å². The van der Waals surface area contributed by atoms with Crippen molar-refractivity contribution in [1.82, 2.24) is 9.55 Å². The second kappa shape index (κ2) is 5.08. The van der Waals surface area contributed by atoms with E-state index in [-0.39, 0.29) is 16.6 Å². The number of aromatic carboxylic acids is 1. The first-order chi connectivity index (χ1) is 9.75. The Kier molecular flexibility index (Phi) is 3.58. The second-order valence-electron chi connectivity index (χ2n) is 4.07. The lowest BCUT2D eigenvalue weighted by atomic mass is 10.2. The van der Waals surface area contributed by atoms with Gasteiger partial charge in [0.05, 0.1) is 18.2 Å². The van der Waals surface area contributed by atoms with Gasteiger partial charge in [-0.3, -0.25) is 4.79 Å². The van der Waals surface area contributed by atoms with E-state index in [2.05, 4.69) is 9.72 Å². The standard InChI is InChI=1S/C12H9F3N2O4/c1-21-8(18)5-17-7-4-2-3-6(10(19)20)9(7)16-11(17)12(13,14)15/h2-4H,5H2,1H3,(H,19,20). The van der Waals surface area contributed by atoms with E-state index < -0.39 is 30.5 Å². The zero-order valence-corrected chi connectivity index (χ0v) is 10.6. The number of fused-ring (bicyclic) bond motifs is 1. The van der Waals surface area contributed by atoms with Crippen LogP contribution in [0.5, 0.6) is 0 Å². The summed E-state index contributed by atoms with van der Waals surface area (Å²) in [6.07, 6.45) is -4.83. The SMILES string of the molecule is COC(=O)Cn1c(C(F)(F)F)nc2c(C(=O)O)cccc21. The molecule has 0 unspecified atom stereocenters.